The molecule has 1 heterocycles. The Morgan fingerprint density at radius 2 is 1.86 bits per heavy atom. The smallest absolute Gasteiger partial charge is 0.271 e. The number of nitrogens with zero attached hydrogens (tertiary/aromatic N) is 3. The molecule has 9 heteroatoms. The van der Waals surface area contributed by atoms with E-state index in [-0.39, 0.29) is 33.3 Å². The van der Waals surface area contributed by atoms with Gasteiger partial charge in [-0.05, 0) is 67.0 Å². The zero-order chi connectivity index (χ0) is 31.2. The normalized spacial score (nSPS) is 18.0. The predicted octanol–water partition coefficient (Wildman–Crippen LogP) is 8.41. The highest BCUT2D eigenvalue weighted by molar-refractivity contribution is 7.98. The van der Waals surface area contributed by atoms with E-state index < -0.39 is 10.8 Å². The Morgan fingerprint density at radius 1 is 1.14 bits per heavy atom. The molecule has 220 valence electrons. The zero-order valence-corrected chi connectivity index (χ0v) is 26.4. The summed E-state index contributed by atoms with van der Waals surface area (Å²) in [6, 6.07) is 19.0. The molecule has 0 fully saturated rings. The number of nitro groups is 1. The molecule has 1 atom stereocenters. The summed E-state index contributed by atoms with van der Waals surface area (Å²) in [5.41, 5.74) is 13.4. The molecule has 5 rings (SSSR count). The first kappa shape index (κ1) is 30.4. The van der Waals surface area contributed by atoms with Crippen molar-refractivity contribution in [3.63, 3.8) is 0 Å². The lowest BCUT2D eigenvalue weighted by atomic mass is 9.68. The van der Waals surface area contributed by atoms with E-state index in [9.17, 15) is 20.2 Å². The number of anilines is 1. The second kappa shape index (κ2) is 11.6. The van der Waals surface area contributed by atoms with E-state index in [4.69, 9.17) is 17.3 Å². The minimum absolute atomic E-state index is 0.0451. The quantitative estimate of drug-likeness (QED) is 0.169. The molecule has 1 aliphatic heterocycles. The van der Waals surface area contributed by atoms with Gasteiger partial charge in [0.15, 0.2) is 5.78 Å². The molecular formula is C34H33ClN4O3S. The molecule has 0 radical (unpaired) electrons. The van der Waals surface area contributed by atoms with Crippen molar-refractivity contribution in [1.82, 2.24) is 0 Å². The van der Waals surface area contributed by atoms with E-state index in [0.29, 0.717) is 29.8 Å². The van der Waals surface area contributed by atoms with Crippen molar-refractivity contribution in [2.24, 2.45) is 11.1 Å². The number of halogens is 1. The number of benzene rings is 3. The van der Waals surface area contributed by atoms with Gasteiger partial charge in [-0.3, -0.25) is 19.8 Å². The highest BCUT2D eigenvalue weighted by Gasteiger charge is 2.45. The van der Waals surface area contributed by atoms with Gasteiger partial charge in [0.05, 0.1) is 33.2 Å². The van der Waals surface area contributed by atoms with Gasteiger partial charge in [-0.2, -0.15) is 5.26 Å². The summed E-state index contributed by atoms with van der Waals surface area (Å²) in [7, 11) is 0. The van der Waals surface area contributed by atoms with Crippen LogP contribution in [-0.4, -0.2) is 10.7 Å². The molecule has 0 bridgehead atoms. The Balaban J connectivity index is 1.69. The second-order valence-corrected chi connectivity index (χ2v) is 13.5. The third kappa shape index (κ3) is 5.67. The number of nitriles is 1. The highest BCUT2D eigenvalue weighted by atomic mass is 35.5. The summed E-state index contributed by atoms with van der Waals surface area (Å²) in [6.45, 7) is 10.2. The van der Waals surface area contributed by atoms with Crippen molar-refractivity contribution < 1.29 is 9.72 Å². The van der Waals surface area contributed by atoms with Crippen LogP contribution in [0.2, 0.25) is 5.02 Å². The monoisotopic (exact) mass is 612 g/mol. The van der Waals surface area contributed by atoms with Crippen molar-refractivity contribution >= 4 is 40.5 Å². The average molecular weight is 613 g/mol. The molecular weight excluding hydrogens is 580 g/mol. The van der Waals surface area contributed by atoms with E-state index in [1.54, 1.807) is 16.7 Å². The van der Waals surface area contributed by atoms with E-state index >= 15 is 0 Å². The Bertz CT molecular complexity index is 1790. The van der Waals surface area contributed by atoms with Gasteiger partial charge in [-0.1, -0.05) is 61.3 Å². The fourth-order valence-corrected chi connectivity index (χ4v) is 7.51. The molecule has 0 saturated heterocycles. The van der Waals surface area contributed by atoms with Gasteiger partial charge < -0.3 is 5.73 Å². The number of nitro benzene ring substituents is 1. The fraction of sp³-hybridized carbons (Fsp3) is 0.294. The number of thioether (sulfide) groups is 1. The van der Waals surface area contributed by atoms with E-state index in [1.165, 1.54) is 28.7 Å². The Labute approximate surface area is 261 Å². The molecule has 0 saturated carbocycles. The van der Waals surface area contributed by atoms with Gasteiger partial charge in [-0.15, -0.1) is 11.8 Å². The minimum Gasteiger partial charge on any atom is -0.384 e. The number of carbonyl (C=O) groups excluding carboxylic acids is 1. The first-order valence-corrected chi connectivity index (χ1v) is 15.4. The van der Waals surface area contributed by atoms with Gasteiger partial charge in [0.2, 0.25) is 0 Å². The van der Waals surface area contributed by atoms with Crippen LogP contribution in [0.1, 0.15) is 60.4 Å². The number of aryl methyl sites for hydroxylation is 2. The minimum atomic E-state index is -0.640. The number of carbonyl (C=O) groups is 1. The number of ketones is 1. The SMILES string of the molecule is Cc1cc(CSc2ccccc2C)c(C)c(C2C(C#N)=C(N)N(c3ccc([N+](=O)[O-])cc3Cl)C3=C2C(=O)CC(C)(C)C3)c1. The summed E-state index contributed by atoms with van der Waals surface area (Å²) in [6.07, 6.45) is 0.835. The van der Waals surface area contributed by atoms with Crippen LogP contribution in [0.15, 0.2) is 82.2 Å². The molecule has 0 aromatic heterocycles. The van der Waals surface area contributed by atoms with Crippen LogP contribution < -0.4 is 10.6 Å². The summed E-state index contributed by atoms with van der Waals surface area (Å²) < 4.78 is 0. The summed E-state index contributed by atoms with van der Waals surface area (Å²) in [5, 5.41) is 22.1. The first-order valence-electron chi connectivity index (χ1n) is 14.0. The van der Waals surface area contributed by atoms with Crippen LogP contribution >= 0.6 is 23.4 Å². The van der Waals surface area contributed by atoms with Crippen LogP contribution in [0.4, 0.5) is 11.4 Å². The van der Waals surface area contributed by atoms with Crippen molar-refractivity contribution in [1.29, 1.82) is 5.26 Å². The van der Waals surface area contributed by atoms with Crippen molar-refractivity contribution in [2.45, 2.75) is 64.0 Å². The number of Topliss-reactive ketones (excluding diaryl/α,β-unsaturated/α-hetero) is 1. The molecule has 2 N–H and O–H groups in total. The number of hydrogen-bond donors (Lipinski definition) is 1. The van der Waals surface area contributed by atoms with E-state index in [2.05, 4.69) is 37.3 Å². The third-order valence-corrected chi connectivity index (χ3v) is 9.78. The Morgan fingerprint density at radius 3 is 2.51 bits per heavy atom. The maximum Gasteiger partial charge on any atom is 0.271 e. The van der Waals surface area contributed by atoms with Crippen LogP contribution in [-0.2, 0) is 10.5 Å². The lowest BCUT2D eigenvalue weighted by Crippen LogP contribution is -2.42. The summed E-state index contributed by atoms with van der Waals surface area (Å²) in [5.74, 6) is 0.218. The Hall–Kier alpha value is -4.06. The van der Waals surface area contributed by atoms with Gasteiger partial charge in [0.25, 0.3) is 5.69 Å². The topological polar surface area (TPSA) is 113 Å². The first-order chi connectivity index (χ1) is 20.3. The van der Waals surface area contributed by atoms with Crippen molar-refractivity contribution in [3.05, 3.63) is 120 Å². The fourth-order valence-electron chi connectivity index (χ4n) is 6.17. The maximum atomic E-state index is 14.0. The summed E-state index contributed by atoms with van der Waals surface area (Å²) in [4.78, 5) is 27.8. The number of hydrogen-bond acceptors (Lipinski definition) is 7. The summed E-state index contributed by atoms with van der Waals surface area (Å²) >= 11 is 8.36. The second-order valence-electron chi connectivity index (χ2n) is 12.1. The van der Waals surface area contributed by atoms with E-state index in [1.807, 2.05) is 39.8 Å². The lowest BCUT2D eigenvalue weighted by molar-refractivity contribution is -0.384. The van der Waals surface area contributed by atoms with Gasteiger partial charge >= 0.3 is 0 Å². The number of non-ortho nitro benzene ring substituents is 1. The third-order valence-electron chi connectivity index (χ3n) is 8.25. The molecule has 3 aromatic carbocycles. The van der Waals surface area contributed by atoms with Crippen LogP contribution in [0.5, 0.6) is 0 Å². The molecule has 3 aromatic rings. The standard InChI is InChI=1S/C34H33ClN4O3S/c1-19-12-22(18-43-30-9-7-6-8-20(30)2)21(3)24(13-19)31-25(17-36)33(37)38(27-11-10-23(39(41)42)14-26(27)35)28-15-34(4,5)16-29(40)32(28)31/h6-14,31H,15-16,18,37H2,1-5H3. The molecule has 1 unspecified atom stereocenters. The molecule has 7 nitrogen and oxygen atoms in total. The molecule has 1 aliphatic carbocycles. The highest BCUT2D eigenvalue weighted by Crippen LogP contribution is 2.52. The van der Waals surface area contributed by atoms with Crippen molar-refractivity contribution in [3.8, 4) is 6.07 Å². The number of nitrogens with two attached hydrogens (primary N) is 1. The van der Waals surface area contributed by atoms with Gasteiger partial charge in [0.1, 0.15) is 5.82 Å². The van der Waals surface area contributed by atoms with E-state index in [0.717, 1.165) is 28.0 Å². The molecule has 0 spiro atoms. The van der Waals surface area contributed by atoms with Gasteiger partial charge in [0, 0.05) is 40.5 Å². The average Bonchev–Trinajstić information content (AvgIpc) is 2.93. The van der Waals surface area contributed by atoms with Crippen LogP contribution in [0.3, 0.4) is 0 Å². The van der Waals surface area contributed by atoms with Gasteiger partial charge in [-0.25, -0.2) is 0 Å². The number of allylic oxidation sites excluding steroid dienone is 3. The largest absolute Gasteiger partial charge is 0.384 e. The number of rotatable bonds is 6. The molecule has 0 amide bonds. The van der Waals surface area contributed by atoms with Crippen LogP contribution in [0, 0.1) is 47.6 Å². The van der Waals surface area contributed by atoms with Crippen LogP contribution in [0.25, 0.3) is 0 Å². The van der Waals surface area contributed by atoms with Crippen molar-refractivity contribution in [2.75, 3.05) is 4.90 Å². The zero-order valence-electron chi connectivity index (χ0n) is 24.8. The maximum absolute atomic E-state index is 14.0. The lowest BCUT2D eigenvalue weighted by Gasteiger charge is -2.44. The predicted molar refractivity (Wildman–Crippen MR) is 172 cm³/mol. The molecule has 43 heavy (non-hydrogen) atoms. The molecule has 2 aliphatic rings. The Kier molecular flexibility index (Phi) is 8.17.